The van der Waals surface area contributed by atoms with Crippen molar-refractivity contribution in [1.29, 1.82) is 0 Å². The van der Waals surface area contributed by atoms with Gasteiger partial charge in [0.2, 0.25) is 5.91 Å². The minimum Gasteiger partial charge on any atom is -0.313 e. The third kappa shape index (κ3) is 4.63. The van der Waals surface area contributed by atoms with E-state index in [2.05, 4.69) is 15.5 Å². The number of para-hydroxylation sites is 2. The molecule has 3 aromatic rings. The first-order valence-corrected chi connectivity index (χ1v) is 11.0. The first kappa shape index (κ1) is 20.4. The van der Waals surface area contributed by atoms with Crippen molar-refractivity contribution in [3.8, 4) is 0 Å². The van der Waals surface area contributed by atoms with E-state index in [9.17, 15) is 9.18 Å². The van der Waals surface area contributed by atoms with E-state index in [0.717, 1.165) is 26.3 Å². The molecule has 9 heteroatoms. The summed E-state index contributed by atoms with van der Waals surface area (Å²) in [5.41, 5.74) is 2.96. The maximum absolute atomic E-state index is 13.5. The Bertz CT molecular complexity index is 1140. The Morgan fingerprint density at radius 3 is 2.43 bits per heavy atom. The van der Waals surface area contributed by atoms with Crippen LogP contribution in [0.5, 0.6) is 0 Å². The molecule has 1 N–H and O–H groups in total. The predicted molar refractivity (Wildman–Crippen MR) is 119 cm³/mol. The fourth-order valence-electron chi connectivity index (χ4n) is 3.10. The van der Waals surface area contributed by atoms with Gasteiger partial charge in [0, 0.05) is 5.71 Å². The highest BCUT2D eigenvalue weighted by Gasteiger charge is 2.26. The Morgan fingerprint density at radius 1 is 1.07 bits per heavy atom. The molecule has 1 aliphatic heterocycles. The number of nitrogens with one attached hydrogen (secondary N) is 1. The minimum atomic E-state index is -0.393. The number of rotatable bonds is 4. The molecule has 0 aliphatic carbocycles. The molecule has 0 saturated heterocycles. The van der Waals surface area contributed by atoms with Crippen LogP contribution in [0.1, 0.15) is 23.4 Å². The van der Waals surface area contributed by atoms with Gasteiger partial charge < -0.3 is 5.32 Å². The van der Waals surface area contributed by atoms with Crippen molar-refractivity contribution in [2.45, 2.75) is 24.1 Å². The van der Waals surface area contributed by atoms with Gasteiger partial charge in [-0.05, 0) is 43.7 Å². The van der Waals surface area contributed by atoms with Gasteiger partial charge >= 0.3 is 0 Å². The number of fused-ring (bicyclic) bond motifs is 1. The van der Waals surface area contributed by atoms with E-state index < -0.39 is 5.92 Å². The molecule has 0 unspecified atom stereocenters. The zero-order valence-electron chi connectivity index (χ0n) is 16.3. The number of nitrogens with zero attached hydrogens (tertiary/aromatic N) is 4. The molecule has 1 aliphatic rings. The van der Waals surface area contributed by atoms with Crippen molar-refractivity contribution >= 4 is 51.9 Å². The number of hydrogen-bond acceptors (Lipinski definition) is 7. The second kappa shape index (κ2) is 8.85. The van der Waals surface area contributed by atoms with E-state index in [1.54, 1.807) is 12.1 Å². The number of thioether (sulfide) groups is 1. The molecule has 0 fully saturated rings. The summed E-state index contributed by atoms with van der Waals surface area (Å²) < 4.78 is 14.2. The number of aliphatic imine (C=N–C) groups is 2. The second-order valence-electron chi connectivity index (χ2n) is 6.65. The van der Waals surface area contributed by atoms with Crippen molar-refractivity contribution in [3.05, 3.63) is 64.9 Å². The summed E-state index contributed by atoms with van der Waals surface area (Å²) in [5.74, 6) is -0.272. The summed E-state index contributed by atoms with van der Waals surface area (Å²) in [5, 5.41) is 11.8. The number of carbonyl (C=O) groups excluding carboxylic acids is 1. The summed E-state index contributed by atoms with van der Waals surface area (Å²) in [6, 6.07) is 13.7. The number of hydrogen-bond donors (Lipinski definition) is 1. The minimum absolute atomic E-state index is 0.182. The molecule has 4 rings (SSSR count). The van der Waals surface area contributed by atoms with Gasteiger partial charge in [0.1, 0.15) is 16.7 Å². The number of amides is 1. The van der Waals surface area contributed by atoms with Crippen molar-refractivity contribution in [2.75, 3.05) is 5.75 Å². The topological polar surface area (TPSA) is 79.6 Å². The second-order valence-corrected chi connectivity index (χ2v) is 9.05. The first-order valence-electron chi connectivity index (χ1n) is 9.20. The Kier molecular flexibility index (Phi) is 6.01. The van der Waals surface area contributed by atoms with E-state index in [1.165, 1.54) is 35.2 Å². The number of halogens is 1. The molecular formula is C21H18FN5OS2. The van der Waals surface area contributed by atoms with Crippen LogP contribution >= 0.6 is 23.1 Å². The molecule has 2 aromatic carbocycles. The average molecular weight is 440 g/mol. The van der Waals surface area contributed by atoms with Crippen LogP contribution in [0.2, 0.25) is 0 Å². The van der Waals surface area contributed by atoms with Crippen LogP contribution in [0.4, 0.5) is 15.8 Å². The van der Waals surface area contributed by atoms with Gasteiger partial charge in [0.05, 0.1) is 23.0 Å². The molecule has 0 saturated carbocycles. The quantitative estimate of drug-likeness (QED) is 0.592. The van der Waals surface area contributed by atoms with E-state index in [4.69, 9.17) is 9.98 Å². The normalized spacial score (nSPS) is 15.6. The van der Waals surface area contributed by atoms with Crippen LogP contribution in [0.25, 0.3) is 0 Å². The first-order chi connectivity index (χ1) is 14.5. The lowest BCUT2D eigenvalue weighted by Gasteiger charge is -2.19. The maximum Gasteiger partial charge on any atom is 0.235 e. The van der Waals surface area contributed by atoms with Crippen LogP contribution in [0.15, 0.2) is 62.9 Å². The Balaban J connectivity index is 1.63. The molecule has 152 valence electrons. The number of carbonyl (C=O) groups is 1. The number of aromatic nitrogens is 2. The van der Waals surface area contributed by atoms with Gasteiger partial charge in [-0.25, -0.2) is 9.38 Å². The van der Waals surface area contributed by atoms with Crippen molar-refractivity contribution in [3.63, 3.8) is 0 Å². The largest absolute Gasteiger partial charge is 0.313 e. The fourth-order valence-corrected chi connectivity index (χ4v) is 4.71. The molecule has 0 bridgehead atoms. The Labute approximate surface area is 181 Å². The van der Waals surface area contributed by atoms with Gasteiger partial charge in [-0.15, -0.1) is 10.2 Å². The number of benzene rings is 2. The lowest BCUT2D eigenvalue weighted by Crippen LogP contribution is -2.38. The molecule has 0 spiro atoms. The van der Waals surface area contributed by atoms with Crippen LogP contribution in [-0.2, 0) is 4.79 Å². The van der Waals surface area contributed by atoms with Crippen molar-refractivity contribution in [1.82, 2.24) is 15.5 Å². The van der Waals surface area contributed by atoms with Gasteiger partial charge in [-0.1, -0.05) is 47.4 Å². The highest BCUT2D eigenvalue weighted by atomic mass is 32.2. The lowest BCUT2D eigenvalue weighted by molar-refractivity contribution is -0.117. The van der Waals surface area contributed by atoms with Crippen LogP contribution < -0.4 is 5.32 Å². The summed E-state index contributed by atoms with van der Waals surface area (Å²) in [6.45, 7) is 3.76. The molecule has 30 heavy (non-hydrogen) atoms. The van der Waals surface area contributed by atoms with Crippen LogP contribution in [0, 0.1) is 12.7 Å². The Morgan fingerprint density at radius 2 is 1.77 bits per heavy atom. The monoisotopic (exact) mass is 439 g/mol. The molecule has 1 atom stereocenters. The van der Waals surface area contributed by atoms with Crippen molar-refractivity contribution < 1.29 is 9.18 Å². The standard InChI is InChI=1S/C21H18FN5OS2/c1-12-19(14-7-9-15(22)10-8-14)20(24-17-6-4-3-5-16(17)23-12)25-18(28)11-29-21-27-26-13(2)30-21/h3-10,19H,11H2,1-2H3,(H,24,25,28)/t19-/m0/s1. The van der Waals surface area contributed by atoms with Gasteiger partial charge in [0.15, 0.2) is 4.34 Å². The van der Waals surface area contributed by atoms with Gasteiger partial charge in [-0.2, -0.15) is 0 Å². The third-order valence-electron chi connectivity index (χ3n) is 4.42. The number of aryl methyl sites for hydroxylation is 1. The fraction of sp³-hybridized carbons (Fsp3) is 0.190. The van der Waals surface area contributed by atoms with E-state index in [-0.39, 0.29) is 17.5 Å². The number of amidine groups is 1. The summed E-state index contributed by atoms with van der Waals surface area (Å²) in [7, 11) is 0. The van der Waals surface area contributed by atoms with Crippen LogP contribution in [0.3, 0.4) is 0 Å². The third-order valence-corrected chi connectivity index (χ3v) is 6.39. The molecule has 6 nitrogen and oxygen atoms in total. The van der Waals surface area contributed by atoms with E-state index in [0.29, 0.717) is 11.5 Å². The van der Waals surface area contributed by atoms with Crippen LogP contribution in [-0.4, -0.2) is 33.4 Å². The highest BCUT2D eigenvalue weighted by molar-refractivity contribution is 8.01. The summed E-state index contributed by atoms with van der Waals surface area (Å²) in [6.07, 6.45) is 0. The van der Waals surface area contributed by atoms with Gasteiger partial charge in [0.25, 0.3) is 0 Å². The maximum atomic E-state index is 13.5. The molecular weight excluding hydrogens is 421 g/mol. The molecule has 0 radical (unpaired) electrons. The van der Waals surface area contributed by atoms with E-state index >= 15 is 0 Å². The van der Waals surface area contributed by atoms with Crippen molar-refractivity contribution in [2.24, 2.45) is 9.98 Å². The zero-order chi connectivity index (χ0) is 21.1. The summed E-state index contributed by atoms with van der Waals surface area (Å²) in [4.78, 5) is 22.1. The van der Waals surface area contributed by atoms with E-state index in [1.807, 2.05) is 38.1 Å². The summed E-state index contributed by atoms with van der Waals surface area (Å²) >= 11 is 2.77. The molecule has 2 heterocycles. The zero-order valence-corrected chi connectivity index (χ0v) is 17.9. The lowest BCUT2D eigenvalue weighted by atomic mass is 9.93. The SMILES string of the molecule is CC1=Nc2ccccc2N=C(NC(=O)CSc2nnc(C)s2)[C@@H]1c1ccc(F)cc1. The highest BCUT2D eigenvalue weighted by Crippen LogP contribution is 2.34. The Hall–Kier alpha value is -2.91. The smallest absolute Gasteiger partial charge is 0.235 e. The predicted octanol–water partition coefficient (Wildman–Crippen LogP) is 4.81. The van der Waals surface area contributed by atoms with Gasteiger partial charge in [-0.3, -0.25) is 9.79 Å². The molecule has 1 amide bonds. The molecule has 1 aromatic heterocycles. The average Bonchev–Trinajstić information content (AvgIpc) is 3.08.